The Morgan fingerprint density at radius 2 is 1.97 bits per heavy atom. The number of methoxy groups -OCH3 is 1. The molecule has 188 valence electrons. The first-order valence-corrected chi connectivity index (χ1v) is 12.4. The number of thiophene rings is 1. The maximum absolute atomic E-state index is 14.5. The van der Waals surface area contributed by atoms with Crippen molar-refractivity contribution in [2.24, 2.45) is 0 Å². The lowest BCUT2D eigenvalue weighted by molar-refractivity contribution is -0.166. The van der Waals surface area contributed by atoms with Crippen molar-refractivity contribution in [2.75, 3.05) is 13.7 Å². The van der Waals surface area contributed by atoms with Gasteiger partial charge >= 0.3 is 12.1 Å². The number of fused-ring (bicyclic) bond motifs is 1. The van der Waals surface area contributed by atoms with E-state index in [0.717, 1.165) is 31.3 Å². The number of alkyl halides is 3. The summed E-state index contributed by atoms with van der Waals surface area (Å²) >= 11 is 0.685. The van der Waals surface area contributed by atoms with Crippen LogP contribution in [0, 0.1) is 0 Å². The number of hydrogen-bond donors (Lipinski definition) is 0. The van der Waals surface area contributed by atoms with Crippen LogP contribution in [0.15, 0.2) is 42.5 Å². The van der Waals surface area contributed by atoms with Crippen LogP contribution in [0.1, 0.15) is 66.5 Å². The van der Waals surface area contributed by atoms with Gasteiger partial charge in [0.2, 0.25) is 0 Å². The molecule has 2 aromatic rings. The maximum Gasteiger partial charge on any atom is 0.426 e. The van der Waals surface area contributed by atoms with Crippen molar-refractivity contribution in [3.63, 3.8) is 0 Å². The maximum atomic E-state index is 14.5. The number of carbonyl (C=O) groups excluding carboxylic acids is 1. The number of carbonyl (C=O) groups is 1. The summed E-state index contributed by atoms with van der Waals surface area (Å²) < 4.78 is 60.2. The van der Waals surface area contributed by atoms with E-state index >= 15 is 0 Å². The van der Waals surface area contributed by atoms with Crippen LogP contribution in [0.25, 0.3) is 11.1 Å². The summed E-state index contributed by atoms with van der Waals surface area (Å²) in [6.07, 6.45) is 3.53. The largest absolute Gasteiger partial charge is 0.493 e. The first-order chi connectivity index (χ1) is 16.5. The fourth-order valence-corrected chi connectivity index (χ4v) is 5.77. The minimum absolute atomic E-state index is 0.182. The number of ether oxygens (including phenoxy) is 3. The van der Waals surface area contributed by atoms with E-state index in [1.807, 2.05) is 30.4 Å². The highest BCUT2D eigenvalue weighted by Gasteiger charge is 2.45. The smallest absolute Gasteiger partial charge is 0.426 e. The van der Waals surface area contributed by atoms with Gasteiger partial charge in [-0.3, -0.25) is 0 Å². The first-order valence-electron chi connectivity index (χ1n) is 11.6. The van der Waals surface area contributed by atoms with Crippen LogP contribution in [0.5, 0.6) is 5.75 Å². The zero-order chi connectivity index (χ0) is 25.4. The zero-order valence-corrected chi connectivity index (χ0v) is 21.0. The van der Waals surface area contributed by atoms with Gasteiger partial charge in [0.15, 0.2) is 6.10 Å². The number of benzene rings is 1. The Hall–Kier alpha value is -2.58. The molecule has 0 radical (unpaired) electrons. The molecule has 35 heavy (non-hydrogen) atoms. The van der Waals surface area contributed by atoms with Crippen LogP contribution in [0.2, 0.25) is 0 Å². The van der Waals surface area contributed by atoms with Crippen LogP contribution < -0.4 is 4.74 Å². The Balaban J connectivity index is 2.02. The van der Waals surface area contributed by atoms with Gasteiger partial charge in [-0.1, -0.05) is 30.4 Å². The molecule has 1 aromatic heterocycles. The Morgan fingerprint density at radius 3 is 2.60 bits per heavy atom. The Morgan fingerprint density at radius 1 is 1.20 bits per heavy atom. The number of hydrogen-bond acceptors (Lipinski definition) is 5. The molecule has 0 fully saturated rings. The van der Waals surface area contributed by atoms with Gasteiger partial charge in [-0.05, 0) is 63.3 Å². The van der Waals surface area contributed by atoms with Crippen LogP contribution >= 0.6 is 11.3 Å². The second-order valence-corrected chi connectivity index (χ2v) is 10.7. The molecule has 0 spiro atoms. The van der Waals surface area contributed by atoms with E-state index in [2.05, 4.69) is 0 Å². The van der Waals surface area contributed by atoms with Gasteiger partial charge in [0.25, 0.3) is 0 Å². The highest BCUT2D eigenvalue weighted by atomic mass is 32.1. The molecule has 0 bridgehead atoms. The minimum Gasteiger partial charge on any atom is -0.493 e. The molecule has 4 nitrogen and oxygen atoms in total. The van der Waals surface area contributed by atoms with E-state index < -0.39 is 28.7 Å². The van der Waals surface area contributed by atoms with Crippen LogP contribution in [0.3, 0.4) is 0 Å². The SMILES string of the molecule is COC(=O)C(OC(C)(C)C)c1c(C(F)(F)F)sc(C2C=CC=CC2)c1-c1ccc2c(c1)CCCO2. The molecule has 0 N–H and O–H groups in total. The zero-order valence-electron chi connectivity index (χ0n) is 20.2. The third-order valence-electron chi connectivity index (χ3n) is 5.89. The van der Waals surface area contributed by atoms with Gasteiger partial charge in [0.1, 0.15) is 10.6 Å². The number of halogens is 3. The van der Waals surface area contributed by atoms with Crippen molar-refractivity contribution in [3.8, 4) is 16.9 Å². The molecule has 2 atom stereocenters. The van der Waals surface area contributed by atoms with Crippen molar-refractivity contribution in [1.82, 2.24) is 0 Å². The molecule has 2 aliphatic rings. The Bertz CT molecular complexity index is 1150. The third kappa shape index (κ3) is 5.48. The fourth-order valence-electron chi connectivity index (χ4n) is 4.46. The summed E-state index contributed by atoms with van der Waals surface area (Å²) in [6.45, 7) is 5.72. The summed E-state index contributed by atoms with van der Waals surface area (Å²) in [5, 5.41) is 0. The summed E-state index contributed by atoms with van der Waals surface area (Å²) in [4.78, 5) is 12.6. The van der Waals surface area contributed by atoms with Crippen LogP contribution in [-0.4, -0.2) is 25.3 Å². The predicted octanol–water partition coefficient (Wildman–Crippen LogP) is 7.39. The fraction of sp³-hybridized carbons (Fsp3) is 0.444. The summed E-state index contributed by atoms with van der Waals surface area (Å²) in [7, 11) is 1.16. The average molecular weight is 507 g/mol. The van der Waals surface area contributed by atoms with E-state index in [1.54, 1.807) is 32.9 Å². The molecule has 0 saturated carbocycles. The molecule has 2 heterocycles. The normalized spacial score (nSPS) is 18.7. The third-order valence-corrected chi connectivity index (χ3v) is 7.28. The van der Waals surface area contributed by atoms with Gasteiger partial charge in [0, 0.05) is 21.9 Å². The van der Waals surface area contributed by atoms with Gasteiger partial charge in [0.05, 0.1) is 19.3 Å². The first kappa shape index (κ1) is 25.5. The molecule has 1 aliphatic carbocycles. The second-order valence-electron chi connectivity index (χ2n) is 9.65. The lowest BCUT2D eigenvalue weighted by atomic mass is 9.88. The van der Waals surface area contributed by atoms with E-state index in [1.165, 1.54) is 0 Å². The van der Waals surface area contributed by atoms with E-state index in [4.69, 9.17) is 14.2 Å². The van der Waals surface area contributed by atoms with E-state index in [0.29, 0.717) is 40.4 Å². The Labute approximate surface area is 207 Å². The molecule has 2 unspecified atom stereocenters. The molecular formula is C27H29F3O4S. The molecule has 4 rings (SSSR count). The van der Waals surface area contributed by atoms with Gasteiger partial charge in [-0.15, -0.1) is 11.3 Å². The minimum atomic E-state index is -4.67. The predicted molar refractivity (Wildman–Crippen MR) is 130 cm³/mol. The van der Waals surface area contributed by atoms with Crippen LogP contribution in [-0.2, 0) is 26.9 Å². The van der Waals surface area contributed by atoms with Gasteiger partial charge in [-0.2, -0.15) is 13.2 Å². The molecule has 8 heteroatoms. The van der Waals surface area contributed by atoms with Crippen molar-refractivity contribution in [1.29, 1.82) is 0 Å². The topological polar surface area (TPSA) is 44.8 Å². The van der Waals surface area contributed by atoms with Crippen LogP contribution in [0.4, 0.5) is 13.2 Å². The second kappa shape index (κ2) is 9.82. The highest BCUT2D eigenvalue weighted by molar-refractivity contribution is 7.13. The molecule has 1 aromatic carbocycles. The highest BCUT2D eigenvalue weighted by Crippen LogP contribution is 2.52. The monoisotopic (exact) mass is 506 g/mol. The molecular weight excluding hydrogens is 477 g/mol. The standard InChI is InChI=1S/C27H29F3O4S/c1-26(2,3)34-22(25(31)32-4)21-20(18-12-13-19-17(15-18)11-8-14-33-19)23(16-9-6-5-7-10-16)35-24(21)27(28,29)30/h5-7,9,12-13,15-16,22H,8,10-11,14H2,1-4H3. The van der Waals surface area contributed by atoms with Crippen molar-refractivity contribution < 1.29 is 32.2 Å². The number of rotatable bonds is 5. The molecule has 0 saturated heterocycles. The average Bonchev–Trinajstić information content (AvgIpc) is 3.23. The van der Waals surface area contributed by atoms with Gasteiger partial charge < -0.3 is 14.2 Å². The lowest BCUT2D eigenvalue weighted by Crippen LogP contribution is -2.29. The summed E-state index contributed by atoms with van der Waals surface area (Å²) in [5.41, 5.74) is 0.869. The summed E-state index contributed by atoms with van der Waals surface area (Å²) in [5.74, 6) is -0.378. The molecule has 1 aliphatic heterocycles. The number of allylic oxidation sites excluding steroid dienone is 4. The quantitative estimate of drug-likeness (QED) is 0.397. The van der Waals surface area contributed by atoms with Gasteiger partial charge in [-0.25, -0.2) is 4.79 Å². The molecule has 0 amide bonds. The summed E-state index contributed by atoms with van der Waals surface area (Å²) in [6, 6.07) is 5.46. The van der Waals surface area contributed by atoms with E-state index in [9.17, 15) is 18.0 Å². The lowest BCUT2D eigenvalue weighted by Gasteiger charge is -2.28. The van der Waals surface area contributed by atoms with E-state index in [-0.39, 0.29) is 11.5 Å². The van der Waals surface area contributed by atoms with Crippen molar-refractivity contribution in [2.45, 2.75) is 63.8 Å². The number of esters is 1. The van der Waals surface area contributed by atoms with Crippen molar-refractivity contribution in [3.05, 3.63) is 63.4 Å². The Kier molecular flexibility index (Phi) is 7.16. The van der Waals surface area contributed by atoms with Crippen molar-refractivity contribution >= 4 is 17.3 Å². The number of aryl methyl sites for hydroxylation is 1.